The molecule has 1 rings (SSSR count). The second-order valence-electron chi connectivity index (χ2n) is 2.09. The van der Waals surface area contributed by atoms with Gasteiger partial charge in [0, 0.05) is 7.05 Å². The van der Waals surface area contributed by atoms with E-state index >= 15 is 0 Å². The Bertz CT molecular complexity index is 280. The molecule has 6 heteroatoms. The molecule has 0 aliphatic carbocycles. The van der Waals surface area contributed by atoms with Crippen LogP contribution in [0.4, 0.5) is 5.82 Å². The first-order chi connectivity index (χ1) is 5.15. The van der Waals surface area contributed by atoms with E-state index in [0.29, 0.717) is 5.82 Å². The lowest BCUT2D eigenvalue weighted by Crippen LogP contribution is -2.03. The molecule has 0 unspecified atom stereocenters. The average Bonchev–Trinajstić information content (AvgIpc) is 2.31. The lowest BCUT2D eigenvalue weighted by atomic mass is 10.6. The third kappa shape index (κ3) is 1.35. The minimum atomic E-state index is -0.542. The molecule has 0 spiro atoms. The molecule has 0 amide bonds. The van der Waals surface area contributed by atoms with E-state index in [-0.39, 0.29) is 12.4 Å². The molecule has 0 atom stereocenters. The van der Waals surface area contributed by atoms with Crippen molar-refractivity contribution in [2.75, 3.05) is 0 Å². The fraction of sp³-hybridized carbons (Fsp3) is 0.400. The van der Waals surface area contributed by atoms with E-state index < -0.39 is 4.92 Å². The molecule has 6 nitrogen and oxygen atoms in total. The van der Waals surface area contributed by atoms with Gasteiger partial charge in [-0.15, -0.1) is 0 Å². The minimum Gasteiger partial charge on any atom is -0.358 e. The Morgan fingerprint density at radius 2 is 2.55 bits per heavy atom. The van der Waals surface area contributed by atoms with Gasteiger partial charge >= 0.3 is 5.82 Å². The Labute approximate surface area is 62.8 Å². The Balaban J connectivity index is 3.05. The van der Waals surface area contributed by atoms with E-state index in [9.17, 15) is 10.1 Å². The highest BCUT2D eigenvalue weighted by molar-refractivity contribution is 5.16. The summed E-state index contributed by atoms with van der Waals surface area (Å²) < 4.78 is 1.54. The van der Waals surface area contributed by atoms with Crippen molar-refractivity contribution >= 4 is 5.82 Å². The molecule has 0 fully saturated rings. The van der Waals surface area contributed by atoms with Crippen molar-refractivity contribution in [2.24, 2.45) is 12.8 Å². The lowest BCUT2D eigenvalue weighted by Gasteiger charge is -1.87. The summed E-state index contributed by atoms with van der Waals surface area (Å²) in [4.78, 5) is 13.3. The molecular formula is C5H8N4O2. The van der Waals surface area contributed by atoms with Gasteiger partial charge in [-0.1, -0.05) is 0 Å². The van der Waals surface area contributed by atoms with E-state index in [4.69, 9.17) is 5.73 Å². The zero-order valence-corrected chi connectivity index (χ0v) is 6.02. The van der Waals surface area contributed by atoms with Gasteiger partial charge in [0.1, 0.15) is 6.20 Å². The Hall–Kier alpha value is -1.43. The van der Waals surface area contributed by atoms with Crippen LogP contribution in [-0.4, -0.2) is 14.5 Å². The molecular weight excluding hydrogens is 148 g/mol. The molecule has 1 aromatic heterocycles. The Morgan fingerprint density at radius 3 is 2.82 bits per heavy atom. The van der Waals surface area contributed by atoms with Gasteiger partial charge in [0.25, 0.3) is 0 Å². The van der Waals surface area contributed by atoms with E-state index in [0.717, 1.165) is 0 Å². The SMILES string of the molecule is Cn1cc([N+](=O)[O-])nc1CN. The van der Waals surface area contributed by atoms with Crippen LogP contribution in [0.5, 0.6) is 0 Å². The van der Waals surface area contributed by atoms with Gasteiger partial charge in [0.2, 0.25) is 5.82 Å². The largest absolute Gasteiger partial charge is 0.381 e. The van der Waals surface area contributed by atoms with Crippen molar-refractivity contribution in [3.05, 3.63) is 22.1 Å². The molecule has 2 N–H and O–H groups in total. The molecule has 1 aromatic rings. The summed E-state index contributed by atoms with van der Waals surface area (Å²) in [6, 6.07) is 0. The second kappa shape index (κ2) is 2.67. The maximum Gasteiger partial charge on any atom is 0.381 e. The van der Waals surface area contributed by atoms with Gasteiger partial charge < -0.3 is 20.4 Å². The van der Waals surface area contributed by atoms with Gasteiger partial charge in [0.15, 0.2) is 0 Å². The first-order valence-corrected chi connectivity index (χ1v) is 3.02. The molecule has 60 valence electrons. The number of aryl methyl sites for hydroxylation is 1. The molecule has 1 heterocycles. The van der Waals surface area contributed by atoms with Gasteiger partial charge in [-0.05, 0) is 9.91 Å². The van der Waals surface area contributed by atoms with Gasteiger partial charge in [-0.3, -0.25) is 0 Å². The monoisotopic (exact) mass is 156 g/mol. The zero-order chi connectivity index (χ0) is 8.43. The second-order valence-corrected chi connectivity index (χ2v) is 2.09. The van der Waals surface area contributed by atoms with Crippen molar-refractivity contribution < 1.29 is 4.92 Å². The van der Waals surface area contributed by atoms with Crippen LogP contribution in [0.2, 0.25) is 0 Å². The summed E-state index contributed by atoms with van der Waals surface area (Å²) >= 11 is 0. The summed E-state index contributed by atoms with van der Waals surface area (Å²) in [5, 5.41) is 10.2. The fourth-order valence-corrected chi connectivity index (χ4v) is 0.765. The van der Waals surface area contributed by atoms with E-state index in [1.165, 1.54) is 10.8 Å². The predicted octanol–water partition coefficient (Wildman–Crippen LogP) is -0.213. The lowest BCUT2D eigenvalue weighted by molar-refractivity contribution is -0.389. The molecule has 0 aliphatic rings. The normalized spacial score (nSPS) is 10.0. The summed E-state index contributed by atoms with van der Waals surface area (Å²) in [7, 11) is 1.67. The first kappa shape index (κ1) is 7.67. The summed E-state index contributed by atoms with van der Waals surface area (Å²) in [5.41, 5.74) is 5.26. The Morgan fingerprint density at radius 1 is 1.91 bits per heavy atom. The van der Waals surface area contributed by atoms with Gasteiger partial charge in [0.05, 0.1) is 6.54 Å². The van der Waals surface area contributed by atoms with Crippen molar-refractivity contribution in [3.63, 3.8) is 0 Å². The standard InChI is InChI=1S/C5H8N4O2/c1-8-3-5(9(10)11)7-4(8)2-6/h3H,2,6H2,1H3. The molecule has 11 heavy (non-hydrogen) atoms. The van der Waals surface area contributed by atoms with Crippen LogP contribution in [-0.2, 0) is 13.6 Å². The Kier molecular flexibility index (Phi) is 1.86. The smallest absolute Gasteiger partial charge is 0.358 e. The number of imidazole rings is 1. The van der Waals surface area contributed by atoms with Crippen LogP contribution in [0.1, 0.15) is 5.82 Å². The summed E-state index contributed by atoms with van der Waals surface area (Å²) in [5.74, 6) is 0.352. The quantitative estimate of drug-likeness (QED) is 0.474. The highest BCUT2D eigenvalue weighted by atomic mass is 16.6. The van der Waals surface area contributed by atoms with Crippen molar-refractivity contribution in [1.82, 2.24) is 9.55 Å². The first-order valence-electron chi connectivity index (χ1n) is 3.02. The number of hydrogen-bond donors (Lipinski definition) is 1. The van der Waals surface area contributed by atoms with E-state index in [1.54, 1.807) is 7.05 Å². The molecule has 0 radical (unpaired) electrons. The van der Waals surface area contributed by atoms with Gasteiger partial charge in [-0.2, -0.15) is 0 Å². The van der Waals surface area contributed by atoms with E-state index in [1.807, 2.05) is 0 Å². The number of nitrogens with two attached hydrogens (primary N) is 1. The van der Waals surface area contributed by atoms with Crippen LogP contribution in [0.3, 0.4) is 0 Å². The number of hydrogen-bond acceptors (Lipinski definition) is 4. The average molecular weight is 156 g/mol. The maximum absolute atomic E-state index is 10.2. The van der Waals surface area contributed by atoms with Crippen molar-refractivity contribution in [3.8, 4) is 0 Å². The maximum atomic E-state index is 10.2. The van der Waals surface area contributed by atoms with Crippen molar-refractivity contribution in [1.29, 1.82) is 0 Å². The fourth-order valence-electron chi connectivity index (χ4n) is 0.765. The molecule has 0 saturated carbocycles. The van der Waals surface area contributed by atoms with Crippen LogP contribution in [0.15, 0.2) is 6.20 Å². The van der Waals surface area contributed by atoms with Crippen LogP contribution < -0.4 is 5.73 Å². The molecule has 0 saturated heterocycles. The molecule has 0 aliphatic heterocycles. The van der Waals surface area contributed by atoms with Crippen molar-refractivity contribution in [2.45, 2.75) is 6.54 Å². The highest BCUT2D eigenvalue weighted by Crippen LogP contribution is 2.08. The number of rotatable bonds is 2. The number of nitrogens with zero attached hydrogens (tertiary/aromatic N) is 3. The van der Waals surface area contributed by atoms with Crippen LogP contribution in [0.25, 0.3) is 0 Å². The highest BCUT2D eigenvalue weighted by Gasteiger charge is 2.14. The zero-order valence-electron chi connectivity index (χ0n) is 6.02. The van der Waals surface area contributed by atoms with Crippen LogP contribution in [0, 0.1) is 10.1 Å². The number of nitro groups is 1. The molecule has 0 aromatic carbocycles. The number of aromatic nitrogens is 2. The topological polar surface area (TPSA) is 87.0 Å². The van der Waals surface area contributed by atoms with E-state index in [2.05, 4.69) is 4.98 Å². The third-order valence-corrected chi connectivity index (χ3v) is 1.33. The third-order valence-electron chi connectivity index (χ3n) is 1.33. The predicted molar refractivity (Wildman–Crippen MR) is 37.8 cm³/mol. The summed E-state index contributed by atoms with van der Waals surface area (Å²) in [6.07, 6.45) is 1.34. The summed E-state index contributed by atoms with van der Waals surface area (Å²) in [6.45, 7) is 0.213. The van der Waals surface area contributed by atoms with Gasteiger partial charge in [-0.25, -0.2) is 0 Å². The minimum absolute atomic E-state index is 0.159. The molecule has 0 bridgehead atoms. The van der Waals surface area contributed by atoms with Crippen LogP contribution >= 0.6 is 0 Å².